The number of nitrogens with zero attached hydrogens (tertiary/aromatic N) is 3. The van der Waals surface area contributed by atoms with E-state index < -0.39 is 0 Å². The number of halogens is 2. The van der Waals surface area contributed by atoms with Gasteiger partial charge in [-0.25, -0.2) is 4.52 Å². The van der Waals surface area contributed by atoms with Gasteiger partial charge in [-0.1, -0.05) is 11.6 Å². The van der Waals surface area contributed by atoms with Crippen LogP contribution in [0.5, 0.6) is 0 Å². The van der Waals surface area contributed by atoms with Crippen molar-refractivity contribution in [1.29, 1.82) is 0 Å². The first kappa shape index (κ1) is 12.0. The van der Waals surface area contributed by atoms with Gasteiger partial charge in [-0.3, -0.25) is 0 Å². The topological polar surface area (TPSA) is 42.2 Å². The van der Waals surface area contributed by atoms with E-state index in [-0.39, 0.29) is 0 Å². The van der Waals surface area contributed by atoms with Gasteiger partial charge in [0.2, 0.25) is 5.95 Å². The third kappa shape index (κ3) is 2.36. The number of fused-ring (bicyclic) bond motifs is 1. The Hall–Kier alpha value is -1.11. The van der Waals surface area contributed by atoms with Crippen LogP contribution >= 0.6 is 38.9 Å². The number of rotatable bonds is 3. The van der Waals surface area contributed by atoms with Crippen molar-refractivity contribution in [2.24, 2.45) is 0 Å². The minimum Gasteiger partial charge on any atom is -0.348 e. The molecule has 0 saturated heterocycles. The van der Waals surface area contributed by atoms with Crippen molar-refractivity contribution >= 4 is 50.5 Å². The van der Waals surface area contributed by atoms with Crippen molar-refractivity contribution in [2.45, 2.75) is 6.54 Å². The molecule has 0 radical (unpaired) electrons. The molecule has 3 heterocycles. The van der Waals surface area contributed by atoms with Crippen molar-refractivity contribution in [1.82, 2.24) is 14.6 Å². The fourth-order valence-corrected chi connectivity index (χ4v) is 3.13. The Balaban J connectivity index is 1.81. The highest BCUT2D eigenvalue weighted by Crippen LogP contribution is 2.23. The van der Waals surface area contributed by atoms with Crippen molar-refractivity contribution in [2.75, 3.05) is 5.32 Å². The van der Waals surface area contributed by atoms with Crippen LogP contribution in [0, 0.1) is 0 Å². The number of hydrogen-bond acceptors (Lipinski definition) is 4. The minimum absolute atomic E-state index is 0.595. The second-order valence-electron chi connectivity index (χ2n) is 3.63. The Morgan fingerprint density at radius 1 is 1.39 bits per heavy atom. The van der Waals surface area contributed by atoms with Crippen molar-refractivity contribution < 1.29 is 0 Å². The van der Waals surface area contributed by atoms with Gasteiger partial charge < -0.3 is 5.32 Å². The highest BCUT2D eigenvalue weighted by Gasteiger charge is 2.05. The molecule has 0 aromatic carbocycles. The molecule has 0 amide bonds. The average Bonchev–Trinajstić information content (AvgIpc) is 2.92. The molecule has 0 atom stereocenters. The molecule has 3 aromatic heterocycles. The van der Waals surface area contributed by atoms with E-state index in [9.17, 15) is 0 Å². The fraction of sp³-hybridized carbons (Fsp3) is 0.0909. The molecule has 3 rings (SSSR count). The number of nitrogens with one attached hydrogen (secondary N) is 1. The van der Waals surface area contributed by atoms with E-state index in [4.69, 9.17) is 11.6 Å². The van der Waals surface area contributed by atoms with E-state index >= 15 is 0 Å². The zero-order valence-electron chi connectivity index (χ0n) is 9.10. The fourth-order valence-electron chi connectivity index (χ4n) is 1.54. The van der Waals surface area contributed by atoms with Gasteiger partial charge in [-0.2, -0.15) is 4.98 Å². The zero-order valence-corrected chi connectivity index (χ0v) is 12.3. The quantitative estimate of drug-likeness (QED) is 0.786. The summed E-state index contributed by atoms with van der Waals surface area (Å²) in [6, 6.07) is 5.66. The molecule has 0 spiro atoms. The van der Waals surface area contributed by atoms with Gasteiger partial charge in [0.05, 0.1) is 11.6 Å². The Kier molecular flexibility index (Phi) is 3.23. The molecule has 0 aliphatic carbocycles. The largest absolute Gasteiger partial charge is 0.348 e. The van der Waals surface area contributed by atoms with Gasteiger partial charge in [0, 0.05) is 15.5 Å². The summed E-state index contributed by atoms with van der Waals surface area (Å²) in [5.74, 6) is 0.595. The monoisotopic (exact) mass is 342 g/mol. The summed E-state index contributed by atoms with van der Waals surface area (Å²) in [5, 5.41) is 10.2. The van der Waals surface area contributed by atoms with Crippen molar-refractivity contribution in [3.63, 3.8) is 0 Å². The number of pyridine rings is 1. The Bertz CT molecular complexity index is 693. The maximum Gasteiger partial charge on any atom is 0.243 e. The van der Waals surface area contributed by atoms with Gasteiger partial charge in [0.25, 0.3) is 0 Å². The van der Waals surface area contributed by atoms with Crippen LogP contribution in [0.25, 0.3) is 5.65 Å². The first-order valence-corrected chi connectivity index (χ1v) is 7.25. The number of thiophene rings is 1. The normalized spacial score (nSPS) is 11.0. The average molecular weight is 344 g/mol. The minimum atomic E-state index is 0.595. The van der Waals surface area contributed by atoms with Gasteiger partial charge >= 0.3 is 0 Å². The predicted molar refractivity (Wildman–Crippen MR) is 77.3 cm³/mol. The van der Waals surface area contributed by atoms with Gasteiger partial charge in [-0.05, 0) is 39.5 Å². The molecule has 0 aliphatic rings. The second-order valence-corrected chi connectivity index (χ2v) is 5.92. The molecule has 4 nitrogen and oxygen atoms in total. The molecule has 1 N–H and O–H groups in total. The maximum absolute atomic E-state index is 5.89. The Labute approximate surface area is 121 Å². The van der Waals surface area contributed by atoms with Crippen LogP contribution in [0.2, 0.25) is 5.02 Å². The van der Waals surface area contributed by atoms with Crippen LogP contribution in [0.3, 0.4) is 0 Å². The molecule has 7 heteroatoms. The van der Waals surface area contributed by atoms with Crippen LogP contribution in [0.15, 0.2) is 34.2 Å². The van der Waals surface area contributed by atoms with Crippen molar-refractivity contribution in [3.8, 4) is 0 Å². The lowest BCUT2D eigenvalue weighted by molar-refractivity contribution is 0.952. The van der Waals surface area contributed by atoms with E-state index in [0.717, 1.165) is 10.1 Å². The van der Waals surface area contributed by atoms with E-state index in [0.29, 0.717) is 17.5 Å². The van der Waals surface area contributed by atoms with Crippen LogP contribution in [0.1, 0.15) is 4.88 Å². The van der Waals surface area contributed by atoms with E-state index in [1.807, 2.05) is 17.5 Å². The van der Waals surface area contributed by atoms with Crippen LogP contribution in [0.4, 0.5) is 5.95 Å². The Morgan fingerprint density at radius 3 is 3.06 bits per heavy atom. The van der Waals surface area contributed by atoms with E-state index in [1.165, 1.54) is 4.88 Å². The lowest BCUT2D eigenvalue weighted by Crippen LogP contribution is -1.99. The summed E-state index contributed by atoms with van der Waals surface area (Å²) >= 11 is 11.1. The SMILES string of the molecule is Clc1ccc2nc(NCc3sccc3Br)nn2c1. The smallest absolute Gasteiger partial charge is 0.243 e. The first-order chi connectivity index (χ1) is 8.72. The van der Waals surface area contributed by atoms with Crippen LogP contribution in [-0.4, -0.2) is 14.6 Å². The molecular weight excluding hydrogens is 336 g/mol. The van der Waals surface area contributed by atoms with Crippen LogP contribution < -0.4 is 5.32 Å². The highest BCUT2D eigenvalue weighted by molar-refractivity contribution is 9.10. The molecular formula is C11H8BrClN4S. The second kappa shape index (κ2) is 4.87. The van der Waals surface area contributed by atoms with Crippen molar-refractivity contribution in [3.05, 3.63) is 44.1 Å². The van der Waals surface area contributed by atoms with E-state index in [1.54, 1.807) is 28.1 Å². The number of aromatic nitrogens is 3. The predicted octanol–water partition coefficient (Wildman–Crippen LogP) is 3.82. The molecule has 0 saturated carbocycles. The molecule has 92 valence electrons. The lowest BCUT2D eigenvalue weighted by Gasteiger charge is -1.98. The summed E-state index contributed by atoms with van der Waals surface area (Å²) in [6.07, 6.45) is 1.73. The standard InChI is InChI=1S/C11H8BrClN4S/c12-8-3-4-18-9(8)5-14-11-15-10-2-1-7(13)6-17(10)16-11/h1-4,6H,5H2,(H,14,16). The van der Waals surface area contributed by atoms with Gasteiger partial charge in [0.1, 0.15) is 0 Å². The summed E-state index contributed by atoms with van der Waals surface area (Å²) in [4.78, 5) is 5.57. The summed E-state index contributed by atoms with van der Waals surface area (Å²) in [7, 11) is 0. The maximum atomic E-state index is 5.89. The molecule has 18 heavy (non-hydrogen) atoms. The Morgan fingerprint density at radius 2 is 2.28 bits per heavy atom. The molecule has 0 unspecified atom stereocenters. The third-order valence-corrected chi connectivity index (χ3v) is 4.54. The molecule has 0 aliphatic heterocycles. The molecule has 3 aromatic rings. The zero-order chi connectivity index (χ0) is 12.5. The highest BCUT2D eigenvalue weighted by atomic mass is 79.9. The number of anilines is 1. The number of hydrogen-bond donors (Lipinski definition) is 1. The summed E-state index contributed by atoms with van der Waals surface area (Å²) in [5.41, 5.74) is 0.771. The van der Waals surface area contributed by atoms with Gasteiger partial charge in [0.15, 0.2) is 5.65 Å². The first-order valence-electron chi connectivity index (χ1n) is 5.20. The summed E-state index contributed by atoms with van der Waals surface area (Å²) < 4.78 is 2.76. The molecule has 0 fully saturated rings. The third-order valence-electron chi connectivity index (χ3n) is 2.39. The summed E-state index contributed by atoms with van der Waals surface area (Å²) in [6.45, 7) is 0.697. The lowest BCUT2D eigenvalue weighted by atomic mass is 10.5. The van der Waals surface area contributed by atoms with Gasteiger partial charge in [-0.15, -0.1) is 16.4 Å². The van der Waals surface area contributed by atoms with Crippen LogP contribution in [-0.2, 0) is 6.54 Å². The molecule has 0 bridgehead atoms. The van der Waals surface area contributed by atoms with E-state index in [2.05, 4.69) is 31.3 Å².